The van der Waals surface area contributed by atoms with Crippen molar-refractivity contribution < 1.29 is 17.7 Å². The maximum atomic E-state index is 13.1. The number of aryl methyl sites for hydroxylation is 2. The van der Waals surface area contributed by atoms with Crippen LogP contribution in [-0.4, -0.2) is 26.0 Å². The maximum Gasteiger partial charge on any atom is 0.277 e. The summed E-state index contributed by atoms with van der Waals surface area (Å²) in [7, 11) is -3.68. The first-order chi connectivity index (χ1) is 13.4. The average molecular weight is 397 g/mol. The number of amides is 1. The molecule has 0 radical (unpaired) electrons. The van der Waals surface area contributed by atoms with Gasteiger partial charge in [-0.2, -0.15) is 0 Å². The Morgan fingerprint density at radius 1 is 1.14 bits per heavy atom. The zero-order chi connectivity index (χ0) is 19.7. The Hall–Kier alpha value is -3.13. The number of hydrogen-bond acceptors (Lipinski definition) is 5. The second kappa shape index (κ2) is 7.12. The third-order valence-corrected chi connectivity index (χ3v) is 6.46. The highest BCUT2D eigenvalue weighted by atomic mass is 32.2. The van der Waals surface area contributed by atoms with Gasteiger partial charge in [0.05, 0.1) is 10.6 Å². The number of anilines is 2. The summed E-state index contributed by atoms with van der Waals surface area (Å²) >= 11 is 0. The molecule has 1 aliphatic rings. The molecule has 28 heavy (non-hydrogen) atoms. The monoisotopic (exact) mass is 397 g/mol. The van der Waals surface area contributed by atoms with Crippen LogP contribution < -0.4 is 9.62 Å². The van der Waals surface area contributed by atoms with Crippen LogP contribution in [-0.2, 0) is 16.4 Å². The van der Waals surface area contributed by atoms with Crippen LogP contribution in [0.2, 0.25) is 0 Å². The van der Waals surface area contributed by atoms with Gasteiger partial charge in [0.2, 0.25) is 0 Å². The molecular weight excluding hydrogens is 378 g/mol. The van der Waals surface area contributed by atoms with Gasteiger partial charge in [-0.15, -0.1) is 0 Å². The molecule has 2 heterocycles. The molecule has 0 aliphatic carbocycles. The number of carbonyl (C=O) groups is 1. The first-order valence-electron chi connectivity index (χ1n) is 8.90. The van der Waals surface area contributed by atoms with Gasteiger partial charge in [0.1, 0.15) is 5.76 Å². The average Bonchev–Trinajstić information content (AvgIpc) is 3.14. The minimum Gasteiger partial charge on any atom is -0.361 e. The van der Waals surface area contributed by atoms with Crippen molar-refractivity contribution in [3.63, 3.8) is 0 Å². The largest absolute Gasteiger partial charge is 0.361 e. The number of aromatic nitrogens is 1. The van der Waals surface area contributed by atoms with E-state index in [9.17, 15) is 13.2 Å². The number of fused-ring (bicyclic) bond motifs is 1. The van der Waals surface area contributed by atoms with Crippen molar-refractivity contribution in [2.45, 2.75) is 24.7 Å². The summed E-state index contributed by atoms with van der Waals surface area (Å²) in [5.41, 5.74) is 2.40. The normalized spacial score (nSPS) is 13.8. The van der Waals surface area contributed by atoms with Crippen LogP contribution in [0.3, 0.4) is 0 Å². The van der Waals surface area contributed by atoms with Crippen LogP contribution in [0.25, 0.3) is 0 Å². The maximum absolute atomic E-state index is 13.1. The molecule has 0 fully saturated rings. The topological polar surface area (TPSA) is 92.5 Å². The molecule has 0 unspecified atom stereocenters. The van der Waals surface area contributed by atoms with Gasteiger partial charge in [-0.1, -0.05) is 23.4 Å². The van der Waals surface area contributed by atoms with Crippen LogP contribution in [0.5, 0.6) is 0 Å². The van der Waals surface area contributed by atoms with Crippen molar-refractivity contribution >= 4 is 27.3 Å². The number of nitrogens with one attached hydrogen (secondary N) is 1. The van der Waals surface area contributed by atoms with Gasteiger partial charge in [-0.05, 0) is 55.7 Å². The second-order valence-electron chi connectivity index (χ2n) is 6.61. The summed E-state index contributed by atoms with van der Waals surface area (Å²) in [6.07, 6.45) is 1.65. The van der Waals surface area contributed by atoms with E-state index in [0.29, 0.717) is 18.0 Å². The minimum absolute atomic E-state index is 0.166. The predicted molar refractivity (Wildman–Crippen MR) is 105 cm³/mol. The van der Waals surface area contributed by atoms with Gasteiger partial charge in [-0.3, -0.25) is 9.10 Å². The van der Waals surface area contributed by atoms with E-state index in [4.69, 9.17) is 4.52 Å². The Kier molecular flexibility index (Phi) is 4.64. The highest BCUT2D eigenvalue weighted by Crippen LogP contribution is 2.32. The smallest absolute Gasteiger partial charge is 0.277 e. The summed E-state index contributed by atoms with van der Waals surface area (Å²) in [4.78, 5) is 12.3. The van der Waals surface area contributed by atoms with E-state index in [1.54, 1.807) is 19.1 Å². The number of rotatable bonds is 4. The molecule has 0 spiro atoms. The lowest BCUT2D eigenvalue weighted by Crippen LogP contribution is -2.35. The Morgan fingerprint density at radius 3 is 2.61 bits per heavy atom. The zero-order valence-corrected chi connectivity index (χ0v) is 16.1. The molecule has 0 bridgehead atoms. The molecule has 7 nitrogen and oxygen atoms in total. The van der Waals surface area contributed by atoms with E-state index in [0.717, 1.165) is 24.1 Å². The summed E-state index contributed by atoms with van der Waals surface area (Å²) < 4.78 is 32.6. The first-order valence-corrected chi connectivity index (χ1v) is 10.3. The molecule has 0 saturated heterocycles. The molecule has 4 rings (SSSR count). The standard InChI is InChI=1S/C20H19N3O4S/c1-14-13-18(22-27-14)20(24)21-16-8-10-17(11-9-16)28(25,26)23-12-4-6-15-5-2-3-7-19(15)23/h2-3,5,7-11,13H,4,6,12H2,1H3,(H,21,24). The van der Waals surface area contributed by atoms with Gasteiger partial charge < -0.3 is 9.84 Å². The van der Waals surface area contributed by atoms with E-state index in [1.165, 1.54) is 22.5 Å². The molecule has 2 aromatic carbocycles. The highest BCUT2D eigenvalue weighted by Gasteiger charge is 2.28. The highest BCUT2D eigenvalue weighted by molar-refractivity contribution is 7.92. The molecule has 1 N–H and O–H groups in total. The summed E-state index contributed by atoms with van der Waals surface area (Å²) in [5.74, 6) is 0.116. The fourth-order valence-corrected chi connectivity index (χ4v) is 4.80. The van der Waals surface area contributed by atoms with Crippen molar-refractivity contribution in [2.75, 3.05) is 16.2 Å². The number of benzene rings is 2. The minimum atomic E-state index is -3.68. The van der Waals surface area contributed by atoms with E-state index < -0.39 is 15.9 Å². The van der Waals surface area contributed by atoms with Crippen LogP contribution in [0.15, 0.2) is 64.0 Å². The van der Waals surface area contributed by atoms with Crippen molar-refractivity contribution in [3.8, 4) is 0 Å². The SMILES string of the molecule is Cc1cc(C(=O)Nc2ccc(S(=O)(=O)N3CCCc4ccccc43)cc2)no1. The van der Waals surface area contributed by atoms with E-state index >= 15 is 0 Å². The van der Waals surface area contributed by atoms with Crippen LogP contribution in [0.4, 0.5) is 11.4 Å². The second-order valence-corrected chi connectivity index (χ2v) is 8.47. The molecular formula is C20H19N3O4S. The molecule has 8 heteroatoms. The molecule has 0 saturated carbocycles. The first kappa shape index (κ1) is 18.2. The lowest BCUT2D eigenvalue weighted by molar-refractivity contribution is 0.101. The van der Waals surface area contributed by atoms with Crippen LogP contribution in [0, 0.1) is 6.92 Å². The van der Waals surface area contributed by atoms with Gasteiger partial charge in [0.15, 0.2) is 5.69 Å². The van der Waals surface area contributed by atoms with Crippen molar-refractivity contribution in [2.24, 2.45) is 0 Å². The van der Waals surface area contributed by atoms with Gasteiger partial charge in [0.25, 0.3) is 15.9 Å². The molecule has 0 atom stereocenters. The van der Waals surface area contributed by atoms with Crippen molar-refractivity contribution in [1.29, 1.82) is 0 Å². The summed E-state index contributed by atoms with van der Waals surface area (Å²) in [6.45, 7) is 2.14. The lowest BCUT2D eigenvalue weighted by atomic mass is 10.0. The van der Waals surface area contributed by atoms with E-state index in [2.05, 4.69) is 10.5 Å². The number of nitrogens with zero attached hydrogens (tertiary/aromatic N) is 2. The van der Waals surface area contributed by atoms with Gasteiger partial charge >= 0.3 is 0 Å². The van der Waals surface area contributed by atoms with Crippen molar-refractivity contribution in [3.05, 3.63) is 71.6 Å². The molecule has 1 aliphatic heterocycles. The van der Waals surface area contributed by atoms with Gasteiger partial charge in [-0.25, -0.2) is 8.42 Å². The third kappa shape index (κ3) is 3.38. The molecule has 1 aromatic heterocycles. The van der Waals surface area contributed by atoms with E-state index in [1.807, 2.05) is 24.3 Å². The predicted octanol–water partition coefficient (Wildman–Crippen LogP) is 3.38. The quantitative estimate of drug-likeness (QED) is 0.729. The van der Waals surface area contributed by atoms with Crippen molar-refractivity contribution in [1.82, 2.24) is 5.16 Å². The summed E-state index contributed by atoms with van der Waals surface area (Å²) in [5, 5.41) is 6.34. The molecule has 144 valence electrons. The number of para-hydroxylation sites is 1. The molecule has 1 amide bonds. The Bertz CT molecular complexity index is 1120. The number of sulfonamides is 1. The summed E-state index contributed by atoms with van der Waals surface area (Å²) in [6, 6.07) is 15.2. The number of carbonyl (C=O) groups excluding carboxylic acids is 1. The van der Waals surface area contributed by atoms with E-state index in [-0.39, 0.29) is 10.6 Å². The Balaban J connectivity index is 1.56. The van der Waals surface area contributed by atoms with Crippen LogP contribution in [0.1, 0.15) is 28.2 Å². The van der Waals surface area contributed by atoms with Crippen LogP contribution >= 0.6 is 0 Å². The third-order valence-electron chi connectivity index (χ3n) is 4.63. The molecule has 3 aromatic rings. The lowest BCUT2D eigenvalue weighted by Gasteiger charge is -2.30. The zero-order valence-electron chi connectivity index (χ0n) is 15.3. The van der Waals surface area contributed by atoms with Gasteiger partial charge in [0, 0.05) is 18.3 Å². The Labute approximate surface area is 163 Å². The fraction of sp³-hybridized carbons (Fsp3) is 0.200. The Morgan fingerprint density at radius 2 is 1.89 bits per heavy atom. The number of hydrogen-bond donors (Lipinski definition) is 1. The fourth-order valence-electron chi connectivity index (χ4n) is 3.25.